The van der Waals surface area contributed by atoms with E-state index in [0.29, 0.717) is 12.3 Å². The zero-order valence-electron chi connectivity index (χ0n) is 9.25. The molecule has 2 rings (SSSR count). The van der Waals surface area contributed by atoms with Crippen LogP contribution < -0.4 is 4.74 Å². The number of aryl methyl sites for hydroxylation is 1. The Hall–Kier alpha value is -1.31. The smallest absolute Gasteiger partial charge is 0.170 e. The van der Waals surface area contributed by atoms with Crippen LogP contribution >= 0.6 is 0 Å². The number of rotatable bonds is 1. The molecule has 1 aliphatic rings. The van der Waals surface area contributed by atoms with Crippen LogP contribution in [0.15, 0.2) is 18.2 Å². The van der Waals surface area contributed by atoms with Crippen molar-refractivity contribution in [1.82, 2.24) is 0 Å². The summed E-state index contributed by atoms with van der Waals surface area (Å²) in [5, 5.41) is 0. The molecular weight excluding hydrogens is 188 g/mol. The molecule has 0 amide bonds. The number of carbonyl (C=O) groups is 1. The minimum atomic E-state index is 0.192. The molecule has 0 spiro atoms. The molecule has 1 aliphatic heterocycles. The number of hydrogen-bond acceptors (Lipinski definition) is 2. The lowest BCUT2D eigenvalue weighted by atomic mass is 9.98. The van der Waals surface area contributed by atoms with Crippen LogP contribution in [-0.4, -0.2) is 12.4 Å². The van der Waals surface area contributed by atoms with Crippen LogP contribution in [0.5, 0.6) is 5.75 Å². The Morgan fingerprint density at radius 1 is 1.27 bits per heavy atom. The van der Waals surface area contributed by atoms with Gasteiger partial charge in [0.15, 0.2) is 5.78 Å². The van der Waals surface area contributed by atoms with Crippen molar-refractivity contribution in [3.63, 3.8) is 0 Å². The summed E-state index contributed by atoms with van der Waals surface area (Å²) < 4.78 is 5.45. The highest BCUT2D eigenvalue weighted by Crippen LogP contribution is 2.27. The van der Waals surface area contributed by atoms with Gasteiger partial charge in [-0.2, -0.15) is 0 Å². The molecule has 0 saturated heterocycles. The van der Waals surface area contributed by atoms with Gasteiger partial charge in [0.1, 0.15) is 12.4 Å². The molecule has 15 heavy (non-hydrogen) atoms. The molecule has 0 N–H and O–H groups in total. The lowest BCUT2D eigenvalue weighted by molar-refractivity contribution is -0.120. The molecule has 0 unspecified atom stereocenters. The molecule has 1 aromatic rings. The second-order valence-corrected chi connectivity index (χ2v) is 4.35. The van der Waals surface area contributed by atoms with Crippen LogP contribution in [0.4, 0.5) is 0 Å². The highest BCUT2D eigenvalue weighted by Gasteiger charge is 2.14. The summed E-state index contributed by atoms with van der Waals surface area (Å²) in [6.07, 6.45) is 1.42. The van der Waals surface area contributed by atoms with E-state index in [1.54, 1.807) is 0 Å². The number of carbonyl (C=O) groups excluding carboxylic acids is 1. The van der Waals surface area contributed by atoms with Gasteiger partial charge in [0.2, 0.25) is 0 Å². The second kappa shape index (κ2) is 4.05. The minimum Gasteiger partial charge on any atom is -0.486 e. The summed E-state index contributed by atoms with van der Waals surface area (Å²) in [6, 6.07) is 6.24. The summed E-state index contributed by atoms with van der Waals surface area (Å²) >= 11 is 0. The SMILES string of the molecule is CC(C)c1ccc2c(c1)CCC(=O)CO2. The average Bonchev–Trinajstić information content (AvgIpc) is 2.40. The highest BCUT2D eigenvalue weighted by atomic mass is 16.5. The second-order valence-electron chi connectivity index (χ2n) is 4.35. The van der Waals surface area contributed by atoms with Gasteiger partial charge in [0.05, 0.1) is 0 Å². The van der Waals surface area contributed by atoms with Gasteiger partial charge in [-0.25, -0.2) is 0 Å². The zero-order chi connectivity index (χ0) is 10.8. The standard InChI is InChI=1S/C13H16O2/c1-9(2)10-4-6-13-11(7-10)3-5-12(14)8-15-13/h4,6-7,9H,3,5,8H2,1-2H3. The Kier molecular flexibility index (Phi) is 2.76. The van der Waals surface area contributed by atoms with Crippen LogP contribution in [0.25, 0.3) is 0 Å². The van der Waals surface area contributed by atoms with Gasteiger partial charge in [0, 0.05) is 6.42 Å². The molecule has 0 aliphatic carbocycles. The zero-order valence-corrected chi connectivity index (χ0v) is 9.25. The maximum Gasteiger partial charge on any atom is 0.170 e. The van der Waals surface area contributed by atoms with Crippen LogP contribution in [0.3, 0.4) is 0 Å². The van der Waals surface area contributed by atoms with Crippen molar-refractivity contribution in [3.05, 3.63) is 29.3 Å². The van der Waals surface area contributed by atoms with Crippen LogP contribution in [0, 0.1) is 0 Å². The monoisotopic (exact) mass is 204 g/mol. The van der Waals surface area contributed by atoms with Crippen molar-refractivity contribution < 1.29 is 9.53 Å². The lowest BCUT2D eigenvalue weighted by Gasteiger charge is -2.10. The fourth-order valence-corrected chi connectivity index (χ4v) is 1.80. The van der Waals surface area contributed by atoms with Crippen molar-refractivity contribution in [2.75, 3.05) is 6.61 Å². The third kappa shape index (κ3) is 2.20. The van der Waals surface area contributed by atoms with Crippen molar-refractivity contribution in [2.24, 2.45) is 0 Å². The van der Waals surface area contributed by atoms with Gasteiger partial charge in [-0.1, -0.05) is 26.0 Å². The van der Waals surface area contributed by atoms with Crippen LogP contribution in [-0.2, 0) is 11.2 Å². The van der Waals surface area contributed by atoms with Crippen molar-refractivity contribution in [2.45, 2.75) is 32.6 Å². The van der Waals surface area contributed by atoms with Crippen molar-refractivity contribution >= 4 is 5.78 Å². The average molecular weight is 204 g/mol. The van der Waals surface area contributed by atoms with E-state index in [0.717, 1.165) is 12.2 Å². The molecule has 2 heteroatoms. The molecule has 1 aromatic carbocycles. The number of Topliss-reactive ketones (excluding diaryl/α,β-unsaturated/α-hetero) is 1. The quantitative estimate of drug-likeness (QED) is 0.703. The van der Waals surface area contributed by atoms with E-state index >= 15 is 0 Å². The first-order chi connectivity index (χ1) is 7.16. The van der Waals surface area contributed by atoms with Gasteiger partial charge < -0.3 is 4.74 Å². The summed E-state index contributed by atoms with van der Waals surface area (Å²) in [5.41, 5.74) is 2.48. The Morgan fingerprint density at radius 3 is 2.80 bits per heavy atom. The molecule has 0 bridgehead atoms. The minimum absolute atomic E-state index is 0.192. The number of ether oxygens (including phenoxy) is 1. The fourth-order valence-electron chi connectivity index (χ4n) is 1.80. The maximum absolute atomic E-state index is 11.2. The van der Waals surface area contributed by atoms with Crippen LogP contribution in [0.1, 0.15) is 37.3 Å². The van der Waals surface area contributed by atoms with E-state index in [9.17, 15) is 4.79 Å². The highest BCUT2D eigenvalue weighted by molar-refractivity contribution is 5.81. The molecule has 0 atom stereocenters. The predicted molar refractivity (Wildman–Crippen MR) is 59.4 cm³/mol. The summed E-state index contributed by atoms with van der Waals surface area (Å²) in [4.78, 5) is 11.2. The largest absolute Gasteiger partial charge is 0.486 e. The molecule has 1 heterocycles. The first-order valence-corrected chi connectivity index (χ1v) is 5.44. The molecule has 0 radical (unpaired) electrons. The Labute approximate surface area is 90.3 Å². The number of fused-ring (bicyclic) bond motifs is 1. The Morgan fingerprint density at radius 2 is 2.07 bits per heavy atom. The normalized spacial score (nSPS) is 15.8. The number of benzene rings is 1. The summed E-state index contributed by atoms with van der Waals surface area (Å²) in [5.74, 6) is 1.59. The number of hydrogen-bond donors (Lipinski definition) is 0. The summed E-state index contributed by atoms with van der Waals surface area (Å²) in [6.45, 7) is 4.57. The molecule has 0 saturated carbocycles. The van der Waals surface area contributed by atoms with E-state index in [-0.39, 0.29) is 12.4 Å². The van der Waals surface area contributed by atoms with E-state index in [1.807, 2.05) is 6.07 Å². The van der Waals surface area contributed by atoms with Gasteiger partial charge in [0.25, 0.3) is 0 Å². The van der Waals surface area contributed by atoms with E-state index in [1.165, 1.54) is 11.1 Å². The Bertz CT molecular complexity index is 380. The molecule has 2 nitrogen and oxygen atoms in total. The molecular formula is C13H16O2. The van der Waals surface area contributed by atoms with Gasteiger partial charge in [-0.15, -0.1) is 0 Å². The predicted octanol–water partition coefficient (Wildman–Crippen LogP) is 2.70. The first-order valence-electron chi connectivity index (χ1n) is 5.44. The maximum atomic E-state index is 11.2. The Balaban J connectivity index is 2.32. The molecule has 80 valence electrons. The van der Waals surface area contributed by atoms with E-state index in [2.05, 4.69) is 26.0 Å². The van der Waals surface area contributed by atoms with Crippen molar-refractivity contribution in [1.29, 1.82) is 0 Å². The van der Waals surface area contributed by atoms with Gasteiger partial charge in [-0.3, -0.25) is 4.79 Å². The number of ketones is 1. The van der Waals surface area contributed by atoms with E-state index in [4.69, 9.17) is 4.74 Å². The van der Waals surface area contributed by atoms with Crippen LogP contribution in [0.2, 0.25) is 0 Å². The topological polar surface area (TPSA) is 26.3 Å². The fraction of sp³-hybridized carbons (Fsp3) is 0.462. The molecule has 0 aromatic heterocycles. The third-order valence-corrected chi connectivity index (χ3v) is 2.81. The third-order valence-electron chi connectivity index (χ3n) is 2.81. The lowest BCUT2D eigenvalue weighted by Crippen LogP contribution is -2.07. The van der Waals surface area contributed by atoms with Gasteiger partial charge in [-0.05, 0) is 29.5 Å². The summed E-state index contributed by atoms with van der Waals surface area (Å²) in [7, 11) is 0. The van der Waals surface area contributed by atoms with E-state index < -0.39 is 0 Å². The van der Waals surface area contributed by atoms with Gasteiger partial charge >= 0.3 is 0 Å². The first kappa shape index (κ1) is 10.2. The molecule has 0 fully saturated rings. The van der Waals surface area contributed by atoms with Crippen molar-refractivity contribution in [3.8, 4) is 5.75 Å².